The maximum Gasteiger partial charge on any atom is 0.182 e. The molecule has 1 heterocycles. The first-order chi connectivity index (χ1) is 4.34. The third kappa shape index (κ3) is 1.18. The second kappa shape index (κ2) is 2.46. The van der Waals surface area contributed by atoms with Crippen molar-refractivity contribution in [2.24, 2.45) is 0 Å². The largest absolute Gasteiger partial charge is 0.310 e. The molecule has 0 amide bonds. The molecule has 0 aliphatic rings. The van der Waals surface area contributed by atoms with Gasteiger partial charge in [0.1, 0.15) is 6.54 Å². The number of hydrogen-bond acceptors (Lipinski definition) is 3. The van der Waals surface area contributed by atoms with Crippen molar-refractivity contribution in [1.29, 1.82) is 10.7 Å². The Hall–Kier alpha value is -1.08. The molecule has 1 aromatic rings. The molecular weight excluding hydrogens is 134 g/mol. The first kappa shape index (κ1) is 6.05. The van der Waals surface area contributed by atoms with E-state index in [1.807, 2.05) is 6.07 Å². The Morgan fingerprint density at radius 2 is 2.67 bits per heavy atom. The first-order valence-corrected chi connectivity index (χ1v) is 3.28. The number of nitrogens with zero attached hydrogens (tertiary/aromatic N) is 2. The van der Waals surface area contributed by atoms with Crippen molar-refractivity contribution in [1.82, 2.24) is 4.57 Å². The van der Waals surface area contributed by atoms with Gasteiger partial charge in [0.25, 0.3) is 0 Å². The molecule has 0 atom stereocenters. The van der Waals surface area contributed by atoms with Crippen molar-refractivity contribution in [3.8, 4) is 6.07 Å². The predicted octanol–water partition coefficient (Wildman–Crippen LogP) is 0.553. The van der Waals surface area contributed by atoms with Crippen LogP contribution in [-0.4, -0.2) is 4.57 Å². The van der Waals surface area contributed by atoms with E-state index < -0.39 is 0 Å². The molecular formula is C5H5N3S. The molecule has 0 bridgehead atoms. The third-order valence-corrected chi connectivity index (χ3v) is 1.64. The first-order valence-electron chi connectivity index (χ1n) is 2.40. The molecule has 0 saturated carbocycles. The van der Waals surface area contributed by atoms with Crippen LogP contribution in [0.2, 0.25) is 0 Å². The minimum absolute atomic E-state index is 0.280. The smallest absolute Gasteiger partial charge is 0.182 e. The van der Waals surface area contributed by atoms with Crippen LogP contribution >= 0.6 is 11.3 Å². The molecule has 0 aliphatic carbocycles. The van der Waals surface area contributed by atoms with Gasteiger partial charge < -0.3 is 4.57 Å². The molecule has 46 valence electrons. The van der Waals surface area contributed by atoms with E-state index in [-0.39, 0.29) is 6.54 Å². The minimum Gasteiger partial charge on any atom is -0.310 e. The van der Waals surface area contributed by atoms with E-state index in [9.17, 15) is 0 Å². The van der Waals surface area contributed by atoms with Crippen molar-refractivity contribution >= 4 is 11.3 Å². The van der Waals surface area contributed by atoms with Crippen molar-refractivity contribution in [2.75, 3.05) is 0 Å². The summed E-state index contributed by atoms with van der Waals surface area (Å²) in [6.45, 7) is 0.280. The molecule has 0 saturated heterocycles. The van der Waals surface area contributed by atoms with Crippen LogP contribution in [0.25, 0.3) is 0 Å². The van der Waals surface area contributed by atoms with Gasteiger partial charge in [-0.25, -0.2) is 0 Å². The van der Waals surface area contributed by atoms with Gasteiger partial charge in [0.2, 0.25) is 0 Å². The van der Waals surface area contributed by atoms with Crippen molar-refractivity contribution in [3.05, 3.63) is 16.4 Å². The van der Waals surface area contributed by atoms with Crippen LogP contribution in [0.1, 0.15) is 0 Å². The van der Waals surface area contributed by atoms with E-state index in [2.05, 4.69) is 0 Å². The fourth-order valence-corrected chi connectivity index (χ4v) is 1.10. The third-order valence-electron chi connectivity index (χ3n) is 0.922. The fraction of sp³-hybridized carbons (Fsp3) is 0.200. The molecule has 0 aromatic carbocycles. The molecule has 3 nitrogen and oxygen atoms in total. The van der Waals surface area contributed by atoms with Gasteiger partial charge in [0.15, 0.2) is 4.80 Å². The van der Waals surface area contributed by atoms with Crippen LogP contribution in [0.4, 0.5) is 0 Å². The Balaban J connectivity index is 2.98. The quantitative estimate of drug-likeness (QED) is 0.607. The topological polar surface area (TPSA) is 52.6 Å². The van der Waals surface area contributed by atoms with Gasteiger partial charge in [-0.1, -0.05) is 0 Å². The lowest BCUT2D eigenvalue weighted by atomic mass is 10.7. The summed E-state index contributed by atoms with van der Waals surface area (Å²) in [5, 5.41) is 17.2. The van der Waals surface area contributed by atoms with Crippen LogP contribution in [-0.2, 0) is 6.54 Å². The SMILES string of the molecule is N#CCn1ccsc1=N. The highest BCUT2D eigenvalue weighted by Gasteiger charge is 1.87. The Morgan fingerprint density at radius 3 is 3.11 bits per heavy atom. The maximum absolute atomic E-state index is 8.21. The Labute approximate surface area is 56.3 Å². The average molecular weight is 139 g/mol. The number of nitriles is 1. The van der Waals surface area contributed by atoms with Crippen LogP contribution in [0.15, 0.2) is 11.6 Å². The lowest BCUT2D eigenvalue weighted by Crippen LogP contribution is -2.10. The van der Waals surface area contributed by atoms with Crippen molar-refractivity contribution in [3.63, 3.8) is 0 Å². The molecule has 1 rings (SSSR count). The normalized spacial score (nSPS) is 8.78. The standard InChI is InChI=1S/C5H5N3S/c6-1-2-8-3-4-9-5(8)7/h3-4,7H,2H2. The van der Waals surface area contributed by atoms with E-state index in [4.69, 9.17) is 10.7 Å². The van der Waals surface area contributed by atoms with Gasteiger partial charge in [-0.2, -0.15) is 5.26 Å². The molecule has 0 fully saturated rings. The monoisotopic (exact) mass is 139 g/mol. The van der Waals surface area contributed by atoms with Gasteiger partial charge in [-0.15, -0.1) is 11.3 Å². The summed E-state index contributed by atoms with van der Waals surface area (Å²) in [6, 6.07) is 1.96. The fourth-order valence-electron chi connectivity index (χ4n) is 0.504. The van der Waals surface area contributed by atoms with E-state index in [1.54, 1.807) is 16.1 Å². The summed E-state index contributed by atoms with van der Waals surface area (Å²) < 4.78 is 1.59. The zero-order valence-electron chi connectivity index (χ0n) is 4.66. The van der Waals surface area contributed by atoms with E-state index in [0.717, 1.165) is 0 Å². The van der Waals surface area contributed by atoms with Crippen LogP contribution in [0.3, 0.4) is 0 Å². The zero-order valence-corrected chi connectivity index (χ0v) is 5.48. The zero-order chi connectivity index (χ0) is 6.69. The maximum atomic E-state index is 8.21. The van der Waals surface area contributed by atoms with Crippen molar-refractivity contribution in [2.45, 2.75) is 6.54 Å². The summed E-state index contributed by atoms with van der Waals surface area (Å²) in [5.74, 6) is 0. The summed E-state index contributed by atoms with van der Waals surface area (Å²) in [4.78, 5) is 0.427. The van der Waals surface area contributed by atoms with Gasteiger partial charge in [0, 0.05) is 11.6 Å². The average Bonchev–Trinajstić information content (AvgIpc) is 2.18. The number of aromatic nitrogens is 1. The second-order valence-electron chi connectivity index (χ2n) is 1.49. The van der Waals surface area contributed by atoms with Crippen LogP contribution in [0, 0.1) is 16.7 Å². The van der Waals surface area contributed by atoms with Crippen molar-refractivity contribution < 1.29 is 0 Å². The molecule has 0 unspecified atom stereocenters. The van der Waals surface area contributed by atoms with Gasteiger partial charge >= 0.3 is 0 Å². The summed E-state index contributed by atoms with van der Waals surface area (Å²) in [7, 11) is 0. The molecule has 0 aliphatic heterocycles. The van der Waals surface area contributed by atoms with Gasteiger partial charge in [-0.05, 0) is 0 Å². The Bertz CT molecular complexity index is 277. The summed E-state index contributed by atoms with van der Waals surface area (Å²) >= 11 is 1.32. The molecule has 1 aromatic heterocycles. The molecule has 4 heteroatoms. The highest BCUT2D eigenvalue weighted by atomic mass is 32.1. The highest BCUT2D eigenvalue weighted by molar-refractivity contribution is 7.06. The number of thiazole rings is 1. The molecule has 0 spiro atoms. The highest BCUT2D eigenvalue weighted by Crippen LogP contribution is 1.86. The lowest BCUT2D eigenvalue weighted by Gasteiger charge is -1.87. The summed E-state index contributed by atoms with van der Waals surface area (Å²) in [5.41, 5.74) is 0. The molecule has 9 heavy (non-hydrogen) atoms. The Morgan fingerprint density at radius 1 is 1.89 bits per heavy atom. The number of nitrogens with one attached hydrogen (secondary N) is 1. The number of hydrogen-bond donors (Lipinski definition) is 1. The van der Waals surface area contributed by atoms with Crippen LogP contribution < -0.4 is 4.80 Å². The predicted molar refractivity (Wildman–Crippen MR) is 33.8 cm³/mol. The van der Waals surface area contributed by atoms with Crippen LogP contribution in [0.5, 0.6) is 0 Å². The van der Waals surface area contributed by atoms with Gasteiger partial charge in [-0.3, -0.25) is 5.41 Å². The number of rotatable bonds is 1. The minimum atomic E-state index is 0.280. The Kier molecular flexibility index (Phi) is 1.66. The van der Waals surface area contributed by atoms with E-state index in [1.165, 1.54) is 11.3 Å². The summed E-state index contributed by atoms with van der Waals surface area (Å²) in [6.07, 6.45) is 1.73. The van der Waals surface area contributed by atoms with E-state index in [0.29, 0.717) is 4.80 Å². The molecule has 0 radical (unpaired) electrons. The molecule has 1 N–H and O–H groups in total. The van der Waals surface area contributed by atoms with Gasteiger partial charge in [0.05, 0.1) is 6.07 Å². The lowest BCUT2D eigenvalue weighted by molar-refractivity contribution is 0.788. The second-order valence-corrected chi connectivity index (χ2v) is 2.39. The van der Waals surface area contributed by atoms with E-state index >= 15 is 0 Å².